The maximum Gasteiger partial charge on any atom is 0.0931 e. The van der Waals surface area contributed by atoms with Crippen molar-refractivity contribution in [3.05, 3.63) is 43.2 Å². The number of halogens is 1. The minimum atomic E-state index is 0.151. The Morgan fingerprint density at radius 3 is 2.00 bits per heavy atom. The number of hydrogen-bond acceptors (Lipinski definition) is 2. The highest BCUT2D eigenvalue weighted by Gasteiger charge is 2.25. The number of hydrogen-bond donors (Lipinski definition) is 0. The molecule has 0 aromatic carbocycles. The Balaban J connectivity index is 2.18. The normalized spacial score (nSPS) is 12.9. The molecular weight excluding hydrogens is 292 g/mol. The lowest BCUT2D eigenvalue weighted by Gasteiger charge is -2.22. The zero-order valence-electron chi connectivity index (χ0n) is 12.2. The van der Waals surface area contributed by atoms with E-state index in [2.05, 4.69) is 52.8 Å². The van der Waals surface area contributed by atoms with Gasteiger partial charge < -0.3 is 0 Å². The number of thiophene rings is 2. The molecule has 104 valence electrons. The van der Waals surface area contributed by atoms with Gasteiger partial charge in [-0.3, -0.25) is 0 Å². The van der Waals surface area contributed by atoms with E-state index in [1.165, 1.54) is 14.6 Å². The maximum atomic E-state index is 6.05. The molecule has 0 amide bonds. The Hall–Kier alpha value is -0.310. The average Bonchev–Trinajstić information content (AvgIpc) is 2.85. The van der Waals surface area contributed by atoms with Gasteiger partial charge in [0.2, 0.25) is 0 Å². The SMILES string of the molecule is CC(C)(C)c1ccc(CC(C)(C)c2ccc(Cl)s2)s1. The van der Waals surface area contributed by atoms with Gasteiger partial charge >= 0.3 is 0 Å². The third-order valence-electron chi connectivity index (χ3n) is 3.26. The number of rotatable bonds is 3. The highest BCUT2D eigenvalue weighted by Crippen LogP contribution is 2.37. The molecule has 0 N–H and O–H groups in total. The van der Waals surface area contributed by atoms with E-state index in [-0.39, 0.29) is 10.8 Å². The van der Waals surface area contributed by atoms with Crippen LogP contribution in [0.5, 0.6) is 0 Å². The molecule has 0 spiro atoms. The molecule has 0 aliphatic heterocycles. The fraction of sp³-hybridized carbons (Fsp3) is 0.500. The van der Waals surface area contributed by atoms with Crippen molar-refractivity contribution in [2.45, 2.75) is 51.9 Å². The van der Waals surface area contributed by atoms with Gasteiger partial charge in [0.1, 0.15) is 0 Å². The van der Waals surface area contributed by atoms with Crippen LogP contribution in [0.4, 0.5) is 0 Å². The second-order valence-corrected chi connectivity index (χ2v) is 9.56. The van der Waals surface area contributed by atoms with Crippen LogP contribution in [0.2, 0.25) is 4.34 Å². The van der Waals surface area contributed by atoms with Gasteiger partial charge in [-0.05, 0) is 36.1 Å². The topological polar surface area (TPSA) is 0 Å². The van der Waals surface area contributed by atoms with Crippen LogP contribution in [0.25, 0.3) is 0 Å². The van der Waals surface area contributed by atoms with E-state index >= 15 is 0 Å². The quantitative estimate of drug-likeness (QED) is 0.625. The molecule has 0 nitrogen and oxygen atoms in total. The lowest BCUT2D eigenvalue weighted by atomic mass is 9.87. The van der Waals surface area contributed by atoms with E-state index in [4.69, 9.17) is 11.6 Å². The summed E-state index contributed by atoms with van der Waals surface area (Å²) in [5.74, 6) is 0. The summed E-state index contributed by atoms with van der Waals surface area (Å²) in [5.41, 5.74) is 0.400. The van der Waals surface area contributed by atoms with Gasteiger partial charge in [0.15, 0.2) is 0 Å². The minimum absolute atomic E-state index is 0.151. The van der Waals surface area contributed by atoms with Gasteiger partial charge in [-0.25, -0.2) is 0 Å². The average molecular weight is 313 g/mol. The van der Waals surface area contributed by atoms with Crippen molar-refractivity contribution in [3.63, 3.8) is 0 Å². The van der Waals surface area contributed by atoms with Crippen molar-refractivity contribution in [3.8, 4) is 0 Å². The van der Waals surface area contributed by atoms with E-state index in [0.717, 1.165) is 10.8 Å². The Morgan fingerprint density at radius 2 is 1.53 bits per heavy atom. The van der Waals surface area contributed by atoms with E-state index < -0.39 is 0 Å². The third-order valence-corrected chi connectivity index (χ3v) is 6.37. The van der Waals surface area contributed by atoms with Gasteiger partial charge in [-0.15, -0.1) is 22.7 Å². The predicted molar refractivity (Wildman–Crippen MR) is 89.1 cm³/mol. The zero-order valence-corrected chi connectivity index (χ0v) is 14.6. The molecule has 0 aliphatic carbocycles. The molecule has 2 heterocycles. The molecule has 2 aromatic heterocycles. The van der Waals surface area contributed by atoms with Crippen molar-refractivity contribution < 1.29 is 0 Å². The summed E-state index contributed by atoms with van der Waals surface area (Å²) in [6, 6.07) is 8.71. The highest BCUT2D eigenvalue weighted by atomic mass is 35.5. The van der Waals surface area contributed by atoms with Crippen LogP contribution >= 0.6 is 34.3 Å². The first-order valence-electron chi connectivity index (χ1n) is 6.53. The molecule has 0 radical (unpaired) electrons. The summed E-state index contributed by atoms with van der Waals surface area (Å²) in [6.07, 6.45) is 1.07. The molecule has 0 bridgehead atoms. The first kappa shape index (κ1) is 15.1. The van der Waals surface area contributed by atoms with Crippen LogP contribution in [-0.2, 0) is 17.3 Å². The predicted octanol–water partition coefficient (Wildman–Crippen LogP) is 6.28. The largest absolute Gasteiger partial charge is 0.145 e. The van der Waals surface area contributed by atoms with E-state index in [1.54, 1.807) is 11.3 Å². The van der Waals surface area contributed by atoms with E-state index in [1.807, 2.05) is 17.4 Å². The standard InChI is InChI=1S/C16H21ClS2/c1-15(2,3)12-7-6-11(18-12)10-16(4,5)13-8-9-14(17)19-13/h6-9H,10H2,1-5H3. The van der Waals surface area contributed by atoms with Crippen LogP contribution < -0.4 is 0 Å². The van der Waals surface area contributed by atoms with Crippen molar-refractivity contribution in [1.82, 2.24) is 0 Å². The highest BCUT2D eigenvalue weighted by molar-refractivity contribution is 7.16. The van der Waals surface area contributed by atoms with Crippen molar-refractivity contribution in [2.75, 3.05) is 0 Å². The van der Waals surface area contributed by atoms with E-state index in [9.17, 15) is 0 Å². The van der Waals surface area contributed by atoms with Crippen LogP contribution in [0, 0.1) is 0 Å². The van der Waals surface area contributed by atoms with Crippen LogP contribution in [-0.4, -0.2) is 0 Å². The first-order chi connectivity index (χ1) is 8.68. The molecule has 0 unspecified atom stereocenters. The summed E-state index contributed by atoms with van der Waals surface area (Å²) < 4.78 is 0.879. The molecule has 19 heavy (non-hydrogen) atoms. The summed E-state index contributed by atoms with van der Waals surface area (Å²) in [5, 5.41) is 0. The molecule has 0 saturated heterocycles. The van der Waals surface area contributed by atoms with Gasteiger partial charge in [-0.1, -0.05) is 46.2 Å². The molecule has 0 atom stereocenters. The Kier molecular flexibility index (Phi) is 4.15. The Morgan fingerprint density at radius 1 is 0.895 bits per heavy atom. The van der Waals surface area contributed by atoms with Gasteiger partial charge in [0.25, 0.3) is 0 Å². The molecule has 0 aliphatic rings. The fourth-order valence-electron chi connectivity index (χ4n) is 2.08. The summed E-state index contributed by atoms with van der Waals surface area (Å²) in [6.45, 7) is 11.4. The van der Waals surface area contributed by atoms with Crippen LogP contribution in [0.15, 0.2) is 24.3 Å². The first-order valence-corrected chi connectivity index (χ1v) is 8.54. The summed E-state index contributed by atoms with van der Waals surface area (Å²) in [7, 11) is 0. The third kappa shape index (κ3) is 3.62. The molecule has 0 fully saturated rings. The van der Waals surface area contributed by atoms with Gasteiger partial charge in [-0.2, -0.15) is 0 Å². The van der Waals surface area contributed by atoms with Crippen LogP contribution in [0.3, 0.4) is 0 Å². The van der Waals surface area contributed by atoms with Crippen molar-refractivity contribution >= 4 is 34.3 Å². The fourth-order valence-corrected chi connectivity index (χ4v) is 4.51. The Bertz CT molecular complexity index is 555. The lowest BCUT2D eigenvalue weighted by Crippen LogP contribution is -2.18. The van der Waals surface area contributed by atoms with Crippen LogP contribution in [0.1, 0.15) is 49.3 Å². The zero-order chi connectivity index (χ0) is 14.3. The van der Waals surface area contributed by atoms with E-state index in [0.29, 0.717) is 0 Å². The monoisotopic (exact) mass is 312 g/mol. The lowest BCUT2D eigenvalue weighted by molar-refractivity contribution is 0.538. The second-order valence-electron chi connectivity index (χ2n) is 6.68. The molecular formula is C16H21ClS2. The van der Waals surface area contributed by atoms with Gasteiger partial charge in [0.05, 0.1) is 4.34 Å². The van der Waals surface area contributed by atoms with Gasteiger partial charge in [0, 0.05) is 20.0 Å². The minimum Gasteiger partial charge on any atom is -0.145 e. The van der Waals surface area contributed by atoms with Crippen molar-refractivity contribution in [2.24, 2.45) is 0 Å². The smallest absolute Gasteiger partial charge is 0.0931 e. The van der Waals surface area contributed by atoms with Crippen molar-refractivity contribution in [1.29, 1.82) is 0 Å². The molecule has 2 aromatic rings. The molecule has 3 heteroatoms. The summed E-state index contributed by atoms with van der Waals surface area (Å²) in [4.78, 5) is 4.28. The summed E-state index contributed by atoms with van der Waals surface area (Å²) >= 11 is 9.69. The Labute approximate surface area is 129 Å². The molecule has 0 saturated carbocycles. The maximum absolute atomic E-state index is 6.05. The second kappa shape index (κ2) is 5.23. The molecule has 2 rings (SSSR count).